The van der Waals surface area contributed by atoms with E-state index in [1.54, 1.807) is 0 Å². The van der Waals surface area contributed by atoms with E-state index in [2.05, 4.69) is 29.2 Å². The van der Waals surface area contributed by atoms with Crippen LogP contribution in [0.15, 0.2) is 42.5 Å². The van der Waals surface area contributed by atoms with Gasteiger partial charge in [-0.1, -0.05) is 35.9 Å². The van der Waals surface area contributed by atoms with E-state index in [0.717, 1.165) is 48.7 Å². The minimum absolute atomic E-state index is 0.0332. The Morgan fingerprint density at radius 3 is 2.81 bits per heavy atom. The summed E-state index contributed by atoms with van der Waals surface area (Å²) in [6.45, 7) is 4.09. The van der Waals surface area contributed by atoms with Crippen LogP contribution in [0.25, 0.3) is 0 Å². The van der Waals surface area contributed by atoms with Crippen molar-refractivity contribution in [2.45, 2.75) is 50.8 Å². The maximum absolute atomic E-state index is 6.58. The van der Waals surface area contributed by atoms with E-state index in [9.17, 15) is 0 Å². The minimum Gasteiger partial charge on any atom is -0.484 e. The number of halogens is 1. The number of nitrogens with two attached hydrogens (primary N) is 1. The number of rotatable bonds is 3. The molecule has 2 aromatic rings. The van der Waals surface area contributed by atoms with E-state index in [1.165, 1.54) is 17.5 Å². The highest BCUT2D eigenvalue weighted by molar-refractivity contribution is 6.31. The molecule has 3 atom stereocenters. The van der Waals surface area contributed by atoms with Gasteiger partial charge in [0.05, 0.1) is 6.04 Å². The van der Waals surface area contributed by atoms with Crippen LogP contribution in [0.1, 0.15) is 42.1 Å². The molecule has 1 heterocycles. The summed E-state index contributed by atoms with van der Waals surface area (Å²) in [6.07, 6.45) is 4.55. The molecule has 1 fully saturated rings. The molecular weight excluding hydrogens is 344 g/mol. The van der Waals surface area contributed by atoms with Crippen molar-refractivity contribution in [2.24, 2.45) is 5.73 Å². The standard InChI is InChI=1S/C22H27ClN2O/c1-15-13-18(9-10-20(15)23)26-22-19-7-3-2-5-16(19)8-11-21(22)25-12-4-6-17(24)14-25/h2-3,5,7,9-10,13,17,21-22H,4,6,8,11-12,14,24H2,1H3/t17-,21+,22+/m1/s1. The Kier molecular flexibility index (Phi) is 5.21. The van der Waals surface area contributed by atoms with Gasteiger partial charge in [0.2, 0.25) is 0 Å². The molecule has 0 unspecified atom stereocenters. The van der Waals surface area contributed by atoms with Crippen LogP contribution in [-0.4, -0.2) is 30.1 Å². The molecule has 1 aliphatic carbocycles. The maximum atomic E-state index is 6.58. The molecule has 4 rings (SSSR count). The van der Waals surface area contributed by atoms with Crippen molar-refractivity contribution in [3.63, 3.8) is 0 Å². The van der Waals surface area contributed by atoms with Gasteiger partial charge in [0.15, 0.2) is 0 Å². The van der Waals surface area contributed by atoms with Gasteiger partial charge in [0.25, 0.3) is 0 Å². The lowest BCUT2D eigenvalue weighted by atomic mass is 9.84. The van der Waals surface area contributed by atoms with Crippen molar-refractivity contribution in [1.82, 2.24) is 4.90 Å². The molecule has 0 amide bonds. The fourth-order valence-electron chi connectivity index (χ4n) is 4.40. The lowest BCUT2D eigenvalue weighted by molar-refractivity contribution is 0.0367. The Balaban J connectivity index is 1.66. The molecule has 0 spiro atoms. The second-order valence-electron chi connectivity index (χ2n) is 7.65. The number of aryl methyl sites for hydroxylation is 2. The van der Waals surface area contributed by atoms with E-state index >= 15 is 0 Å². The number of piperidine rings is 1. The molecule has 2 aliphatic rings. The molecule has 0 aromatic heterocycles. The second-order valence-corrected chi connectivity index (χ2v) is 8.06. The summed E-state index contributed by atoms with van der Waals surface area (Å²) < 4.78 is 6.58. The summed E-state index contributed by atoms with van der Waals surface area (Å²) in [5.74, 6) is 0.889. The summed E-state index contributed by atoms with van der Waals surface area (Å²) in [5, 5.41) is 0.778. The van der Waals surface area contributed by atoms with Gasteiger partial charge in [-0.25, -0.2) is 0 Å². The highest BCUT2D eigenvalue weighted by Crippen LogP contribution is 2.38. The van der Waals surface area contributed by atoms with Crippen LogP contribution < -0.4 is 10.5 Å². The van der Waals surface area contributed by atoms with Gasteiger partial charge in [0.1, 0.15) is 11.9 Å². The SMILES string of the molecule is Cc1cc(O[C@H]2c3ccccc3CC[C@@H]2N2CCC[C@@H](N)C2)ccc1Cl. The molecule has 2 N–H and O–H groups in total. The molecule has 138 valence electrons. The third-order valence-electron chi connectivity index (χ3n) is 5.77. The summed E-state index contributed by atoms with van der Waals surface area (Å²) in [7, 11) is 0. The Hall–Kier alpha value is -1.55. The van der Waals surface area contributed by atoms with Gasteiger partial charge in [-0.3, -0.25) is 4.90 Å². The second kappa shape index (κ2) is 7.59. The predicted octanol–water partition coefficient (Wildman–Crippen LogP) is 4.51. The number of benzene rings is 2. The van der Waals surface area contributed by atoms with Crippen LogP contribution in [0.3, 0.4) is 0 Å². The third-order valence-corrected chi connectivity index (χ3v) is 6.20. The van der Waals surface area contributed by atoms with Crippen molar-refractivity contribution in [3.8, 4) is 5.75 Å². The van der Waals surface area contributed by atoms with Gasteiger partial charge in [0, 0.05) is 17.6 Å². The molecule has 26 heavy (non-hydrogen) atoms. The molecule has 1 saturated heterocycles. The van der Waals surface area contributed by atoms with Crippen molar-refractivity contribution in [2.75, 3.05) is 13.1 Å². The largest absolute Gasteiger partial charge is 0.484 e. The topological polar surface area (TPSA) is 38.5 Å². The minimum atomic E-state index is 0.0332. The molecular formula is C22H27ClN2O. The first-order chi connectivity index (χ1) is 12.6. The summed E-state index contributed by atoms with van der Waals surface area (Å²) in [4.78, 5) is 2.55. The summed E-state index contributed by atoms with van der Waals surface area (Å²) >= 11 is 6.19. The highest BCUT2D eigenvalue weighted by atomic mass is 35.5. The summed E-state index contributed by atoms with van der Waals surface area (Å²) in [5.41, 5.74) is 10.0. The Morgan fingerprint density at radius 2 is 2.00 bits per heavy atom. The van der Waals surface area contributed by atoms with E-state index < -0.39 is 0 Å². The first-order valence-electron chi connectivity index (χ1n) is 9.62. The van der Waals surface area contributed by atoms with Crippen LogP contribution in [0.5, 0.6) is 5.75 Å². The van der Waals surface area contributed by atoms with E-state index in [4.69, 9.17) is 22.1 Å². The quantitative estimate of drug-likeness (QED) is 0.864. The van der Waals surface area contributed by atoms with Crippen LogP contribution in [0, 0.1) is 6.92 Å². The molecule has 0 radical (unpaired) electrons. The molecule has 4 heteroatoms. The van der Waals surface area contributed by atoms with E-state index in [0.29, 0.717) is 6.04 Å². The average molecular weight is 371 g/mol. The molecule has 1 aliphatic heterocycles. The zero-order chi connectivity index (χ0) is 18.1. The number of fused-ring (bicyclic) bond motifs is 1. The van der Waals surface area contributed by atoms with Crippen LogP contribution in [0.4, 0.5) is 0 Å². The Bertz CT molecular complexity index is 778. The van der Waals surface area contributed by atoms with Crippen molar-refractivity contribution >= 4 is 11.6 Å². The Morgan fingerprint density at radius 1 is 1.15 bits per heavy atom. The van der Waals surface area contributed by atoms with Crippen LogP contribution >= 0.6 is 11.6 Å². The van der Waals surface area contributed by atoms with Gasteiger partial charge in [-0.05, 0) is 74.0 Å². The zero-order valence-corrected chi connectivity index (χ0v) is 16.1. The van der Waals surface area contributed by atoms with Gasteiger partial charge < -0.3 is 10.5 Å². The summed E-state index contributed by atoms with van der Waals surface area (Å²) in [6, 6.07) is 15.3. The maximum Gasteiger partial charge on any atom is 0.139 e. The zero-order valence-electron chi connectivity index (χ0n) is 15.3. The Labute approximate surface area is 161 Å². The van der Waals surface area contributed by atoms with Crippen LogP contribution in [0.2, 0.25) is 5.02 Å². The number of nitrogens with zero attached hydrogens (tertiary/aromatic N) is 1. The van der Waals surface area contributed by atoms with Gasteiger partial charge >= 0.3 is 0 Å². The lowest BCUT2D eigenvalue weighted by Crippen LogP contribution is -2.51. The van der Waals surface area contributed by atoms with E-state index in [1.807, 2.05) is 25.1 Å². The van der Waals surface area contributed by atoms with E-state index in [-0.39, 0.29) is 12.1 Å². The molecule has 0 bridgehead atoms. The monoisotopic (exact) mass is 370 g/mol. The van der Waals surface area contributed by atoms with Crippen LogP contribution in [-0.2, 0) is 6.42 Å². The average Bonchev–Trinajstić information content (AvgIpc) is 2.65. The third kappa shape index (κ3) is 3.62. The number of likely N-dealkylation sites (tertiary alicyclic amines) is 1. The van der Waals surface area contributed by atoms with Gasteiger partial charge in [-0.15, -0.1) is 0 Å². The number of hydrogen-bond donors (Lipinski definition) is 1. The smallest absolute Gasteiger partial charge is 0.139 e. The lowest BCUT2D eigenvalue weighted by Gasteiger charge is -2.43. The molecule has 3 nitrogen and oxygen atoms in total. The van der Waals surface area contributed by atoms with Crippen molar-refractivity contribution in [1.29, 1.82) is 0 Å². The fraction of sp³-hybridized carbons (Fsp3) is 0.455. The normalized spacial score (nSPS) is 26.3. The molecule has 0 saturated carbocycles. The fourth-order valence-corrected chi connectivity index (χ4v) is 4.51. The number of hydrogen-bond acceptors (Lipinski definition) is 3. The predicted molar refractivity (Wildman–Crippen MR) is 107 cm³/mol. The first kappa shape index (κ1) is 17.8. The first-order valence-corrected chi connectivity index (χ1v) is 10.00. The number of ether oxygens (including phenoxy) is 1. The van der Waals surface area contributed by atoms with Crippen molar-refractivity contribution < 1.29 is 4.74 Å². The van der Waals surface area contributed by atoms with Crippen molar-refractivity contribution in [3.05, 3.63) is 64.2 Å². The van der Waals surface area contributed by atoms with Gasteiger partial charge in [-0.2, -0.15) is 0 Å². The highest BCUT2D eigenvalue weighted by Gasteiger charge is 2.36. The molecule has 2 aromatic carbocycles.